The van der Waals surface area contributed by atoms with Crippen molar-refractivity contribution in [2.45, 2.75) is 51.6 Å². The average Bonchev–Trinajstić information content (AvgIpc) is 3.14. The van der Waals surface area contributed by atoms with Gasteiger partial charge >= 0.3 is 0 Å². The summed E-state index contributed by atoms with van der Waals surface area (Å²) in [5, 5.41) is 9.46. The van der Waals surface area contributed by atoms with E-state index < -0.39 is 5.67 Å². The van der Waals surface area contributed by atoms with Crippen LogP contribution in [0.15, 0.2) is 54.6 Å². The second-order valence-corrected chi connectivity index (χ2v) is 9.55. The second-order valence-electron chi connectivity index (χ2n) is 9.55. The van der Waals surface area contributed by atoms with Crippen molar-refractivity contribution >= 4 is 5.78 Å². The van der Waals surface area contributed by atoms with Crippen molar-refractivity contribution in [3.05, 3.63) is 65.7 Å². The first-order chi connectivity index (χ1) is 14.3. The molecule has 1 aliphatic carbocycles. The van der Waals surface area contributed by atoms with E-state index in [1.165, 1.54) is 0 Å². The molecular formula is C26H32FNO2. The fourth-order valence-corrected chi connectivity index (χ4v) is 6.37. The van der Waals surface area contributed by atoms with Gasteiger partial charge in [-0.2, -0.15) is 0 Å². The first kappa shape index (κ1) is 21.0. The van der Waals surface area contributed by atoms with Crippen molar-refractivity contribution in [2.75, 3.05) is 19.6 Å². The molecule has 3 nitrogen and oxygen atoms in total. The number of phenolic OH excluding ortho intramolecular Hbond substituents is 1. The molecule has 1 saturated carbocycles. The molecule has 2 aromatic carbocycles. The molecule has 0 aromatic heterocycles. The molecule has 4 rings (SSSR count). The van der Waals surface area contributed by atoms with Crippen LogP contribution < -0.4 is 0 Å². The molecular weight excluding hydrogens is 377 g/mol. The Morgan fingerprint density at radius 3 is 2.07 bits per heavy atom. The molecule has 0 amide bonds. The van der Waals surface area contributed by atoms with Gasteiger partial charge in [0.05, 0.1) is 6.54 Å². The third-order valence-electron chi connectivity index (χ3n) is 7.76. The summed E-state index contributed by atoms with van der Waals surface area (Å²) >= 11 is 0. The number of halogens is 1. The van der Waals surface area contributed by atoms with E-state index in [1.54, 1.807) is 24.3 Å². The van der Waals surface area contributed by atoms with E-state index in [1.807, 2.05) is 30.3 Å². The van der Waals surface area contributed by atoms with Gasteiger partial charge in [0, 0.05) is 25.1 Å². The van der Waals surface area contributed by atoms with Gasteiger partial charge in [0.15, 0.2) is 5.78 Å². The van der Waals surface area contributed by atoms with Gasteiger partial charge in [0.25, 0.3) is 0 Å². The van der Waals surface area contributed by atoms with E-state index in [2.05, 4.69) is 18.7 Å². The van der Waals surface area contributed by atoms with Gasteiger partial charge in [-0.25, -0.2) is 4.39 Å². The number of rotatable bonds is 7. The zero-order valence-corrected chi connectivity index (χ0v) is 18.0. The van der Waals surface area contributed by atoms with Crippen LogP contribution in [0.4, 0.5) is 4.39 Å². The molecule has 2 aliphatic rings. The summed E-state index contributed by atoms with van der Waals surface area (Å²) in [6, 6.07) is 16.4. The third-order valence-corrected chi connectivity index (χ3v) is 7.76. The number of hydrogen-bond donors (Lipinski definition) is 1. The maximum Gasteiger partial charge on any atom is 0.176 e. The normalized spacial score (nSPS) is 31.0. The Kier molecular flexibility index (Phi) is 5.48. The van der Waals surface area contributed by atoms with Crippen molar-refractivity contribution in [3.8, 4) is 5.75 Å². The lowest BCUT2D eigenvalue weighted by Gasteiger charge is -2.38. The molecule has 2 fully saturated rings. The fraction of sp³-hybridized carbons (Fsp3) is 0.500. The van der Waals surface area contributed by atoms with Crippen LogP contribution in [-0.4, -0.2) is 41.1 Å². The van der Waals surface area contributed by atoms with Crippen LogP contribution in [0, 0.1) is 10.8 Å². The Morgan fingerprint density at radius 2 is 1.53 bits per heavy atom. The number of benzene rings is 2. The summed E-state index contributed by atoms with van der Waals surface area (Å²) < 4.78 is 16.2. The van der Waals surface area contributed by atoms with E-state index in [0.29, 0.717) is 31.4 Å². The highest BCUT2D eigenvalue weighted by Crippen LogP contribution is 2.65. The summed E-state index contributed by atoms with van der Waals surface area (Å²) in [5.41, 5.74) is 0.336. The number of hydrogen-bond acceptors (Lipinski definition) is 3. The highest BCUT2D eigenvalue weighted by Gasteiger charge is 2.65. The monoisotopic (exact) mass is 409 g/mol. The van der Waals surface area contributed by atoms with Gasteiger partial charge < -0.3 is 5.11 Å². The van der Waals surface area contributed by atoms with Gasteiger partial charge in [-0.15, -0.1) is 0 Å². The lowest BCUT2D eigenvalue weighted by Crippen LogP contribution is -2.35. The summed E-state index contributed by atoms with van der Waals surface area (Å²) in [6.07, 6.45) is 3.49. The quantitative estimate of drug-likeness (QED) is 0.620. The topological polar surface area (TPSA) is 40.5 Å². The smallest absolute Gasteiger partial charge is 0.176 e. The molecule has 1 heterocycles. The van der Waals surface area contributed by atoms with Crippen LogP contribution in [-0.2, 0) is 6.42 Å². The molecule has 4 heteroatoms. The number of ketones is 1. The van der Waals surface area contributed by atoms with Crippen molar-refractivity contribution in [1.29, 1.82) is 0 Å². The molecule has 0 spiro atoms. The maximum atomic E-state index is 16.2. The molecule has 2 atom stereocenters. The number of Topliss-reactive ketones (excluding diaryl/α,β-unsaturated/α-hetero) is 1. The second kappa shape index (κ2) is 7.81. The molecule has 1 N–H and O–H groups in total. The van der Waals surface area contributed by atoms with Crippen LogP contribution in [0.5, 0.6) is 5.75 Å². The largest absolute Gasteiger partial charge is 0.508 e. The number of fused-ring (bicyclic) bond motifs is 1. The van der Waals surface area contributed by atoms with E-state index in [4.69, 9.17) is 0 Å². The van der Waals surface area contributed by atoms with Crippen LogP contribution in [0.3, 0.4) is 0 Å². The van der Waals surface area contributed by atoms with Gasteiger partial charge in [-0.05, 0) is 66.3 Å². The Hall–Kier alpha value is -2.20. The van der Waals surface area contributed by atoms with Gasteiger partial charge in [0.2, 0.25) is 0 Å². The van der Waals surface area contributed by atoms with Gasteiger partial charge in [0.1, 0.15) is 11.4 Å². The number of aromatic hydroxyl groups is 1. The highest BCUT2D eigenvalue weighted by molar-refractivity contribution is 5.97. The van der Waals surface area contributed by atoms with E-state index in [9.17, 15) is 9.90 Å². The molecule has 2 aromatic rings. The fourth-order valence-electron chi connectivity index (χ4n) is 6.37. The zero-order chi connectivity index (χ0) is 21.4. The Labute approximate surface area is 178 Å². The Bertz CT molecular complexity index is 875. The first-order valence-corrected chi connectivity index (χ1v) is 11.1. The number of phenols is 1. The minimum atomic E-state index is -1.18. The van der Waals surface area contributed by atoms with Gasteiger partial charge in [-0.1, -0.05) is 44.2 Å². The molecule has 0 radical (unpaired) electrons. The number of carbonyl (C=O) groups excluding carboxylic acids is 1. The SMILES string of the molecule is CCC12CN(CC(=O)c3ccc(O)cc3)CC1(CC)CC(F)(Cc1ccccc1)C2. The van der Waals surface area contributed by atoms with Crippen LogP contribution in [0.2, 0.25) is 0 Å². The third kappa shape index (κ3) is 3.66. The van der Waals surface area contributed by atoms with Crippen molar-refractivity contribution < 1.29 is 14.3 Å². The van der Waals surface area contributed by atoms with Crippen molar-refractivity contribution in [1.82, 2.24) is 4.90 Å². The van der Waals surface area contributed by atoms with Gasteiger partial charge in [-0.3, -0.25) is 9.69 Å². The summed E-state index contributed by atoms with van der Waals surface area (Å²) in [5.74, 6) is 0.220. The zero-order valence-electron chi connectivity index (χ0n) is 18.0. The summed E-state index contributed by atoms with van der Waals surface area (Å²) in [4.78, 5) is 15.0. The minimum absolute atomic E-state index is 0.0586. The number of carbonyl (C=O) groups is 1. The molecule has 1 aliphatic heterocycles. The standard InChI is InChI=1S/C26H32FNO2/c1-3-24-16-26(27,14-20-8-6-5-7-9-20)17-25(24,4-2)19-28(18-24)15-23(30)21-10-12-22(29)13-11-21/h5-13,29H,3-4,14-19H2,1-2H3. The predicted octanol–water partition coefficient (Wildman–Crippen LogP) is 5.43. The number of alkyl halides is 1. The predicted molar refractivity (Wildman–Crippen MR) is 118 cm³/mol. The lowest BCUT2D eigenvalue weighted by atomic mass is 9.65. The lowest BCUT2D eigenvalue weighted by molar-refractivity contribution is 0.0909. The van der Waals surface area contributed by atoms with Crippen LogP contribution >= 0.6 is 0 Å². The highest BCUT2D eigenvalue weighted by atomic mass is 19.1. The van der Waals surface area contributed by atoms with Crippen molar-refractivity contribution in [2.24, 2.45) is 10.8 Å². The summed E-state index contributed by atoms with van der Waals surface area (Å²) in [6.45, 7) is 6.28. The molecule has 1 saturated heterocycles. The molecule has 2 unspecified atom stereocenters. The first-order valence-electron chi connectivity index (χ1n) is 11.1. The number of nitrogens with zero attached hydrogens (tertiary/aromatic N) is 1. The van der Waals surface area contributed by atoms with Crippen molar-refractivity contribution in [3.63, 3.8) is 0 Å². The molecule has 0 bridgehead atoms. The van der Waals surface area contributed by atoms with Crippen LogP contribution in [0.1, 0.15) is 55.5 Å². The minimum Gasteiger partial charge on any atom is -0.508 e. The van der Waals surface area contributed by atoms with E-state index >= 15 is 4.39 Å². The maximum absolute atomic E-state index is 16.2. The summed E-state index contributed by atoms with van der Waals surface area (Å²) in [7, 11) is 0. The molecule has 160 valence electrons. The Morgan fingerprint density at radius 1 is 0.967 bits per heavy atom. The van der Waals surface area contributed by atoms with E-state index in [0.717, 1.165) is 31.5 Å². The molecule has 30 heavy (non-hydrogen) atoms. The average molecular weight is 410 g/mol. The number of likely N-dealkylation sites (tertiary alicyclic amines) is 1. The van der Waals surface area contributed by atoms with E-state index in [-0.39, 0.29) is 22.4 Å². The Balaban J connectivity index is 1.51. The van der Waals surface area contributed by atoms with Crippen LogP contribution in [0.25, 0.3) is 0 Å².